The molecule has 0 bridgehead atoms. The predicted octanol–water partition coefficient (Wildman–Crippen LogP) is 25.2. The lowest BCUT2D eigenvalue weighted by Crippen LogP contribution is -1.95. The molecule has 5 heterocycles. The number of fused-ring (bicyclic) bond motifs is 13. The maximum atomic E-state index is 5.54. The van der Waals surface area contributed by atoms with Crippen LogP contribution < -0.4 is 0 Å². The van der Waals surface area contributed by atoms with E-state index in [9.17, 15) is 0 Å². The highest BCUT2D eigenvalue weighted by atomic mass is 14.7. The Morgan fingerprint density at radius 1 is 0.170 bits per heavy atom. The van der Waals surface area contributed by atoms with Crippen LogP contribution in [0.5, 0.6) is 0 Å². The van der Waals surface area contributed by atoms with Crippen LogP contribution >= 0.6 is 0 Å². The van der Waals surface area contributed by atoms with Crippen molar-refractivity contribution in [2.75, 3.05) is 0 Å². The number of hydrogen-bond acceptors (Lipinski definition) is 5. The van der Waals surface area contributed by atoms with Gasteiger partial charge in [0.2, 0.25) is 0 Å². The van der Waals surface area contributed by atoms with Crippen LogP contribution in [0.15, 0.2) is 358 Å². The Kier molecular flexibility index (Phi) is 14.2. The largest absolute Gasteiger partial charge is 0.264 e. The summed E-state index contributed by atoms with van der Waals surface area (Å²) in [7, 11) is 0. The fraction of sp³-hybridized carbons (Fsp3) is 0. The van der Waals surface area contributed by atoms with Gasteiger partial charge in [0.15, 0.2) is 0 Å². The summed E-state index contributed by atoms with van der Waals surface area (Å²) in [5.74, 6) is 0. The third kappa shape index (κ3) is 10.3. The van der Waals surface area contributed by atoms with E-state index < -0.39 is 0 Å². The van der Waals surface area contributed by atoms with E-state index in [-0.39, 0.29) is 0 Å². The highest BCUT2D eigenvalue weighted by Crippen LogP contribution is 2.46. The molecule has 15 aromatic carbocycles. The minimum atomic E-state index is 0.892. The number of para-hydroxylation sites is 1. The third-order valence-electron chi connectivity index (χ3n) is 20.0. The zero-order valence-electron chi connectivity index (χ0n) is 54.3. The van der Waals surface area contributed by atoms with Crippen LogP contribution in [0.25, 0.3) is 198 Å². The first-order valence-corrected chi connectivity index (χ1v) is 34.0. The van der Waals surface area contributed by atoms with Crippen molar-refractivity contribution in [2.24, 2.45) is 0 Å². The SMILES string of the molecule is c1cc(-c2cc(-c3ccc4ccccc4c3)nc3c2cc(-c2ccc4ccccc4c2)c2ccccc23)cc(-c2cccc3cccnc23)c1.c1cncc(-c2ccc(-c3cc(-c4cc5ccccc5c5ccccc45)nc4c3cc(-c3ccc5ccccc5c3)c3ccccc34)cn2)c1. The minimum absolute atomic E-state index is 0.892. The minimum Gasteiger partial charge on any atom is -0.264 e. The number of nitrogens with zero attached hydrogens (tertiary/aromatic N) is 5. The first-order chi connectivity index (χ1) is 49.5. The highest BCUT2D eigenvalue weighted by molar-refractivity contribution is 6.20. The average Bonchev–Trinajstić information content (AvgIpc) is 0.740. The van der Waals surface area contributed by atoms with Crippen LogP contribution in [0.3, 0.4) is 0 Å². The van der Waals surface area contributed by atoms with Crippen molar-refractivity contribution in [3.63, 3.8) is 0 Å². The van der Waals surface area contributed by atoms with E-state index in [2.05, 4.69) is 320 Å². The monoisotopic (exact) mass is 1270 g/mol. The van der Waals surface area contributed by atoms with E-state index in [0.29, 0.717) is 0 Å². The van der Waals surface area contributed by atoms with Crippen LogP contribution in [-0.2, 0) is 0 Å². The average molecular weight is 1270 g/mol. The van der Waals surface area contributed by atoms with Gasteiger partial charge in [0.25, 0.3) is 0 Å². The number of hydrogen-bond donors (Lipinski definition) is 0. The maximum absolute atomic E-state index is 5.54. The molecule has 0 saturated carbocycles. The molecular weight excluding hydrogens is 1210 g/mol. The highest BCUT2D eigenvalue weighted by Gasteiger charge is 2.21. The Morgan fingerprint density at radius 2 is 0.610 bits per heavy atom. The topological polar surface area (TPSA) is 64.5 Å². The van der Waals surface area contributed by atoms with Crippen LogP contribution in [0.4, 0.5) is 0 Å². The molecule has 0 aliphatic heterocycles. The van der Waals surface area contributed by atoms with Gasteiger partial charge in [0, 0.05) is 79.5 Å². The Morgan fingerprint density at radius 3 is 1.22 bits per heavy atom. The molecule has 0 saturated heterocycles. The number of rotatable bonds is 8. The molecule has 0 N–H and O–H groups in total. The van der Waals surface area contributed by atoms with Crippen molar-refractivity contribution in [2.45, 2.75) is 0 Å². The molecule has 5 heteroatoms. The molecule has 0 radical (unpaired) electrons. The zero-order chi connectivity index (χ0) is 66.0. The van der Waals surface area contributed by atoms with Gasteiger partial charge in [-0.1, -0.05) is 255 Å². The lowest BCUT2D eigenvalue weighted by atomic mass is 9.89. The fourth-order valence-electron chi connectivity index (χ4n) is 15.1. The Labute approximate surface area is 577 Å². The molecule has 0 atom stereocenters. The van der Waals surface area contributed by atoms with E-state index in [1.165, 1.54) is 86.9 Å². The summed E-state index contributed by atoms with van der Waals surface area (Å²) in [6.07, 6.45) is 7.51. The summed E-state index contributed by atoms with van der Waals surface area (Å²) in [6, 6.07) is 120. The standard InChI is InChI=1S/C48H30N2.C47H29N3/c1-3-12-34-26-38(23-21-31(34)10-1)43-29-45-44(37-16-7-15-36(28-37)40-20-8-14-33-17-9-25-49-47(33)40)30-46(50-48(45)42-19-6-5-18-41(42)43)39-24-22-32-11-2-4-13-35(32)27-39;1-2-11-31-24-33(20-19-30(31)10-1)41-26-44-42(34-21-22-45(49-29-34)35-13-9-23-48-28-35)27-46(50-47(44)40-18-8-7-17-39(40)41)43-25-32-12-3-4-14-36(32)37-15-5-6-16-38(37)43/h1-30H;1-29H. The molecule has 0 aliphatic rings. The molecule has 100 heavy (non-hydrogen) atoms. The van der Waals surface area contributed by atoms with Gasteiger partial charge in [0.1, 0.15) is 0 Å². The molecule has 0 unspecified atom stereocenters. The van der Waals surface area contributed by atoms with Crippen molar-refractivity contribution in [1.29, 1.82) is 0 Å². The zero-order valence-corrected chi connectivity index (χ0v) is 54.3. The Balaban J connectivity index is 0.000000139. The summed E-state index contributed by atoms with van der Waals surface area (Å²) in [6.45, 7) is 0. The molecule has 5 aromatic heterocycles. The number of pyridine rings is 5. The molecule has 20 rings (SSSR count). The third-order valence-corrected chi connectivity index (χ3v) is 20.0. The smallest absolute Gasteiger partial charge is 0.0794 e. The van der Waals surface area contributed by atoms with E-state index in [4.69, 9.17) is 19.9 Å². The molecule has 20 aromatic rings. The van der Waals surface area contributed by atoms with Crippen LogP contribution in [0.1, 0.15) is 0 Å². The molecule has 0 spiro atoms. The predicted molar refractivity (Wildman–Crippen MR) is 420 cm³/mol. The fourth-order valence-corrected chi connectivity index (χ4v) is 15.1. The Bertz CT molecular complexity index is 6650. The number of benzene rings is 15. The van der Waals surface area contributed by atoms with Crippen LogP contribution in [0.2, 0.25) is 0 Å². The van der Waals surface area contributed by atoms with Gasteiger partial charge < -0.3 is 0 Å². The molecule has 0 amide bonds. The van der Waals surface area contributed by atoms with Crippen molar-refractivity contribution in [3.05, 3.63) is 358 Å². The Hall–Kier alpha value is -13.4. The molecular formula is C95H59N5. The van der Waals surface area contributed by atoms with Crippen molar-refractivity contribution in [1.82, 2.24) is 24.9 Å². The van der Waals surface area contributed by atoms with Crippen molar-refractivity contribution >= 4 is 108 Å². The molecule has 5 nitrogen and oxygen atoms in total. The second-order valence-electron chi connectivity index (χ2n) is 25.9. The van der Waals surface area contributed by atoms with Gasteiger partial charge in [-0.3, -0.25) is 15.0 Å². The van der Waals surface area contributed by atoms with E-state index in [1.807, 2.05) is 36.8 Å². The maximum Gasteiger partial charge on any atom is 0.0794 e. The van der Waals surface area contributed by atoms with E-state index in [0.717, 1.165) is 111 Å². The quantitative estimate of drug-likeness (QED) is 0.142. The normalized spacial score (nSPS) is 11.6. The van der Waals surface area contributed by atoms with Crippen molar-refractivity contribution < 1.29 is 0 Å². The van der Waals surface area contributed by atoms with Crippen molar-refractivity contribution in [3.8, 4) is 89.4 Å². The van der Waals surface area contributed by atoms with E-state index in [1.54, 1.807) is 6.20 Å². The lowest BCUT2D eigenvalue weighted by molar-refractivity contribution is 1.28. The molecule has 0 aliphatic carbocycles. The lowest BCUT2D eigenvalue weighted by Gasteiger charge is -2.17. The van der Waals surface area contributed by atoms with Crippen LogP contribution in [0, 0.1) is 0 Å². The summed E-state index contributed by atoms with van der Waals surface area (Å²) < 4.78 is 0. The van der Waals surface area contributed by atoms with Gasteiger partial charge in [-0.2, -0.15) is 0 Å². The molecule has 0 fully saturated rings. The van der Waals surface area contributed by atoms with Gasteiger partial charge in [-0.05, 0) is 188 Å². The second kappa shape index (κ2) is 24.4. The summed E-state index contributed by atoms with van der Waals surface area (Å²) in [4.78, 5) is 25.0. The first kappa shape index (κ1) is 58.0. The van der Waals surface area contributed by atoms with Gasteiger partial charge >= 0.3 is 0 Å². The summed E-state index contributed by atoms with van der Waals surface area (Å²) in [5, 5.41) is 20.2. The van der Waals surface area contributed by atoms with Gasteiger partial charge in [-0.25, -0.2) is 9.97 Å². The van der Waals surface area contributed by atoms with Gasteiger partial charge in [-0.15, -0.1) is 0 Å². The van der Waals surface area contributed by atoms with Crippen LogP contribution in [-0.4, -0.2) is 24.9 Å². The van der Waals surface area contributed by atoms with E-state index >= 15 is 0 Å². The summed E-state index contributed by atoms with van der Waals surface area (Å²) in [5.41, 5.74) is 20.5. The second-order valence-corrected chi connectivity index (χ2v) is 25.9. The van der Waals surface area contributed by atoms with Gasteiger partial charge in [0.05, 0.1) is 33.6 Å². The molecule has 464 valence electrons. The summed E-state index contributed by atoms with van der Waals surface area (Å²) >= 11 is 0. The number of aromatic nitrogens is 5. The first-order valence-electron chi connectivity index (χ1n) is 34.0.